The molecule has 2 saturated heterocycles. The maximum absolute atomic E-state index is 13.8. The maximum Gasteiger partial charge on any atom is 0.228 e. The van der Waals surface area contributed by atoms with Gasteiger partial charge in [-0.1, -0.05) is 17.7 Å². The van der Waals surface area contributed by atoms with Crippen LogP contribution in [0, 0.1) is 24.5 Å². The fraction of sp³-hybridized carbons (Fsp3) is 0.391. The average molecular weight is 414 g/mol. The third-order valence-electron chi connectivity index (χ3n) is 5.76. The van der Waals surface area contributed by atoms with Crippen LogP contribution in [-0.2, 0) is 9.59 Å². The minimum atomic E-state index is -0.728. The summed E-state index contributed by atoms with van der Waals surface area (Å²) in [7, 11) is 0. The van der Waals surface area contributed by atoms with Crippen molar-refractivity contribution < 1.29 is 23.1 Å². The van der Waals surface area contributed by atoms with Crippen LogP contribution in [0.5, 0.6) is 5.75 Å². The van der Waals surface area contributed by atoms with Gasteiger partial charge in [-0.15, -0.1) is 0 Å². The highest BCUT2D eigenvalue weighted by molar-refractivity contribution is 6.00. The second-order valence-electron chi connectivity index (χ2n) is 7.96. The normalized spacial score (nSPS) is 20.0. The van der Waals surface area contributed by atoms with E-state index in [-0.39, 0.29) is 36.0 Å². The third-order valence-corrected chi connectivity index (χ3v) is 5.76. The van der Waals surface area contributed by atoms with Gasteiger partial charge in [0.2, 0.25) is 11.8 Å². The van der Waals surface area contributed by atoms with Crippen LogP contribution >= 0.6 is 0 Å². The van der Waals surface area contributed by atoms with Crippen LogP contribution in [0.3, 0.4) is 0 Å². The monoisotopic (exact) mass is 414 g/mol. The second kappa shape index (κ2) is 8.42. The van der Waals surface area contributed by atoms with Crippen LogP contribution in [0.1, 0.15) is 24.8 Å². The minimum absolute atomic E-state index is 0.0237. The zero-order valence-electron chi connectivity index (χ0n) is 16.8. The number of carbonyl (C=O) groups is 2. The van der Waals surface area contributed by atoms with Gasteiger partial charge in [0.25, 0.3) is 0 Å². The van der Waals surface area contributed by atoms with Crippen molar-refractivity contribution in [3.8, 4) is 5.75 Å². The summed E-state index contributed by atoms with van der Waals surface area (Å²) in [5, 5.41) is 0. The number of halogens is 2. The highest BCUT2D eigenvalue weighted by Gasteiger charge is 2.38. The lowest BCUT2D eigenvalue weighted by atomic mass is 10.0. The number of aryl methyl sites for hydroxylation is 1. The molecule has 2 heterocycles. The molecule has 0 bridgehead atoms. The molecule has 0 N–H and O–H groups in total. The first-order chi connectivity index (χ1) is 14.4. The Morgan fingerprint density at radius 2 is 1.77 bits per heavy atom. The van der Waals surface area contributed by atoms with E-state index in [4.69, 9.17) is 4.74 Å². The first-order valence-corrected chi connectivity index (χ1v) is 10.2. The van der Waals surface area contributed by atoms with Gasteiger partial charge in [0, 0.05) is 50.7 Å². The lowest BCUT2D eigenvalue weighted by molar-refractivity contribution is -0.137. The van der Waals surface area contributed by atoms with Gasteiger partial charge in [0.1, 0.15) is 11.9 Å². The van der Waals surface area contributed by atoms with E-state index in [1.807, 2.05) is 31.2 Å². The SMILES string of the molecule is Cc1ccc(N2CC(C(=O)N3CCC(Oc4ccc(F)cc4F)CC3)CC2=O)cc1. The molecule has 5 nitrogen and oxygen atoms in total. The Kier molecular flexibility index (Phi) is 5.70. The summed E-state index contributed by atoms with van der Waals surface area (Å²) < 4.78 is 32.5. The van der Waals surface area contributed by atoms with Gasteiger partial charge < -0.3 is 14.5 Å². The quantitative estimate of drug-likeness (QED) is 0.767. The number of piperidine rings is 1. The van der Waals surface area contributed by atoms with Gasteiger partial charge in [-0.25, -0.2) is 8.78 Å². The number of carbonyl (C=O) groups excluding carboxylic acids is 2. The smallest absolute Gasteiger partial charge is 0.228 e. The first-order valence-electron chi connectivity index (χ1n) is 10.2. The number of likely N-dealkylation sites (tertiary alicyclic amines) is 1. The number of amides is 2. The predicted molar refractivity (Wildman–Crippen MR) is 108 cm³/mol. The molecule has 2 aliphatic rings. The van der Waals surface area contributed by atoms with Gasteiger partial charge in [-0.2, -0.15) is 0 Å². The zero-order chi connectivity index (χ0) is 21.3. The number of benzene rings is 2. The Bertz CT molecular complexity index is 940. The molecule has 4 rings (SSSR count). The van der Waals surface area contributed by atoms with E-state index in [2.05, 4.69) is 0 Å². The fourth-order valence-electron chi connectivity index (χ4n) is 4.05. The summed E-state index contributed by atoms with van der Waals surface area (Å²) in [6.07, 6.45) is 1.10. The number of anilines is 1. The maximum atomic E-state index is 13.8. The third kappa shape index (κ3) is 4.30. The summed E-state index contributed by atoms with van der Waals surface area (Å²) in [6.45, 7) is 3.35. The van der Waals surface area contributed by atoms with Gasteiger partial charge in [-0.3, -0.25) is 9.59 Å². The van der Waals surface area contributed by atoms with E-state index < -0.39 is 11.6 Å². The Morgan fingerprint density at radius 3 is 2.43 bits per heavy atom. The van der Waals surface area contributed by atoms with Crippen molar-refractivity contribution >= 4 is 17.5 Å². The van der Waals surface area contributed by atoms with Crippen LogP contribution in [-0.4, -0.2) is 42.5 Å². The van der Waals surface area contributed by atoms with E-state index in [0.29, 0.717) is 32.5 Å². The molecule has 2 aliphatic heterocycles. The van der Waals surface area contributed by atoms with Crippen molar-refractivity contribution in [2.75, 3.05) is 24.5 Å². The van der Waals surface area contributed by atoms with Crippen LogP contribution < -0.4 is 9.64 Å². The van der Waals surface area contributed by atoms with Crippen LogP contribution in [0.4, 0.5) is 14.5 Å². The molecule has 2 aromatic rings. The highest BCUT2D eigenvalue weighted by atomic mass is 19.1. The molecule has 2 fully saturated rings. The van der Waals surface area contributed by atoms with Gasteiger partial charge >= 0.3 is 0 Å². The molecule has 2 amide bonds. The lowest BCUT2D eigenvalue weighted by Crippen LogP contribution is -2.45. The molecule has 0 aliphatic carbocycles. The summed E-state index contributed by atoms with van der Waals surface area (Å²) in [5.74, 6) is -1.77. The van der Waals surface area contributed by atoms with Gasteiger partial charge in [-0.05, 0) is 31.2 Å². The Balaban J connectivity index is 1.32. The molecular weight excluding hydrogens is 390 g/mol. The molecule has 0 radical (unpaired) electrons. The number of nitrogens with zero attached hydrogens (tertiary/aromatic N) is 2. The number of hydrogen-bond donors (Lipinski definition) is 0. The molecule has 2 aromatic carbocycles. The number of ether oxygens (including phenoxy) is 1. The molecule has 158 valence electrons. The van der Waals surface area contributed by atoms with E-state index in [1.54, 1.807) is 9.80 Å². The molecule has 30 heavy (non-hydrogen) atoms. The lowest BCUT2D eigenvalue weighted by Gasteiger charge is -2.33. The van der Waals surface area contributed by atoms with E-state index in [9.17, 15) is 18.4 Å². The summed E-state index contributed by atoms with van der Waals surface area (Å²) in [5.41, 5.74) is 1.93. The van der Waals surface area contributed by atoms with Gasteiger partial charge in [0.05, 0.1) is 5.92 Å². The zero-order valence-corrected chi connectivity index (χ0v) is 16.8. The molecule has 1 unspecified atom stereocenters. The minimum Gasteiger partial charge on any atom is -0.487 e. The van der Waals surface area contributed by atoms with E-state index in [0.717, 1.165) is 23.4 Å². The Morgan fingerprint density at radius 1 is 1.07 bits per heavy atom. The molecule has 7 heteroatoms. The molecule has 0 spiro atoms. The van der Waals surface area contributed by atoms with Crippen molar-refractivity contribution in [2.24, 2.45) is 5.92 Å². The van der Waals surface area contributed by atoms with Crippen molar-refractivity contribution in [3.05, 3.63) is 59.7 Å². The molecular formula is C23H24F2N2O3. The standard InChI is InChI=1S/C23H24F2N2O3/c1-15-2-5-18(6-3-15)27-14-16(12-22(27)28)23(29)26-10-8-19(9-11-26)30-21-7-4-17(24)13-20(21)25/h2-7,13,16,19H,8-12,14H2,1H3. The molecule has 1 atom stereocenters. The second-order valence-corrected chi connectivity index (χ2v) is 7.96. The summed E-state index contributed by atoms with van der Waals surface area (Å²) >= 11 is 0. The van der Waals surface area contributed by atoms with Gasteiger partial charge in [0.15, 0.2) is 11.6 Å². The predicted octanol–water partition coefficient (Wildman–Crippen LogP) is 3.70. The molecule has 0 aromatic heterocycles. The van der Waals surface area contributed by atoms with Crippen LogP contribution in [0.2, 0.25) is 0 Å². The van der Waals surface area contributed by atoms with E-state index >= 15 is 0 Å². The van der Waals surface area contributed by atoms with Crippen molar-refractivity contribution in [2.45, 2.75) is 32.3 Å². The first kappa shape index (κ1) is 20.3. The molecule has 0 saturated carbocycles. The number of rotatable bonds is 4. The largest absolute Gasteiger partial charge is 0.487 e. The Hall–Kier alpha value is -2.96. The summed E-state index contributed by atoms with van der Waals surface area (Å²) in [4.78, 5) is 28.8. The summed E-state index contributed by atoms with van der Waals surface area (Å²) in [6, 6.07) is 10.9. The Labute approximate surface area is 174 Å². The fourth-order valence-corrected chi connectivity index (χ4v) is 4.05. The van der Waals surface area contributed by atoms with E-state index in [1.165, 1.54) is 6.07 Å². The van der Waals surface area contributed by atoms with Crippen molar-refractivity contribution in [3.63, 3.8) is 0 Å². The average Bonchev–Trinajstić information content (AvgIpc) is 3.12. The number of hydrogen-bond acceptors (Lipinski definition) is 3. The van der Waals surface area contributed by atoms with Crippen LogP contribution in [0.15, 0.2) is 42.5 Å². The highest BCUT2D eigenvalue weighted by Crippen LogP contribution is 2.28. The van der Waals surface area contributed by atoms with Crippen molar-refractivity contribution in [1.82, 2.24) is 4.90 Å². The van der Waals surface area contributed by atoms with Crippen LogP contribution in [0.25, 0.3) is 0 Å². The topological polar surface area (TPSA) is 49.9 Å². The van der Waals surface area contributed by atoms with Crippen molar-refractivity contribution in [1.29, 1.82) is 0 Å².